The van der Waals surface area contributed by atoms with Crippen LogP contribution in [0, 0.1) is 5.92 Å². The first kappa shape index (κ1) is 26.2. The van der Waals surface area contributed by atoms with Gasteiger partial charge in [0.05, 0.1) is 12.1 Å². The zero-order valence-electron chi connectivity index (χ0n) is 18.1. The second-order valence-corrected chi connectivity index (χ2v) is 8.45. The number of methoxy groups -OCH3 is 1. The molecule has 1 rings (SSSR count). The van der Waals surface area contributed by atoms with E-state index in [0.29, 0.717) is 12.5 Å². The highest BCUT2D eigenvalue weighted by molar-refractivity contribution is 14.0. The molecule has 1 saturated heterocycles. The number of halogens is 1. The van der Waals surface area contributed by atoms with Crippen molar-refractivity contribution in [2.24, 2.45) is 10.9 Å². The first-order chi connectivity index (χ1) is 12.1. The molecule has 1 aliphatic heterocycles. The van der Waals surface area contributed by atoms with Gasteiger partial charge in [0, 0.05) is 33.3 Å². The van der Waals surface area contributed by atoms with E-state index < -0.39 is 5.60 Å². The summed E-state index contributed by atoms with van der Waals surface area (Å²) in [6.45, 7) is 15.5. The SMILES string of the molecule is CCNC(=NCC(C)(C)OC)NCC1CCN(C(=O)OC(C)(C)C)CC1.I. The number of hydrogen-bond acceptors (Lipinski definition) is 4. The fourth-order valence-corrected chi connectivity index (χ4v) is 2.56. The Balaban J connectivity index is 0.00000676. The van der Waals surface area contributed by atoms with E-state index in [-0.39, 0.29) is 35.7 Å². The van der Waals surface area contributed by atoms with Gasteiger partial charge in [0.15, 0.2) is 5.96 Å². The van der Waals surface area contributed by atoms with Gasteiger partial charge in [0.2, 0.25) is 0 Å². The number of rotatable bonds is 6. The largest absolute Gasteiger partial charge is 0.444 e. The van der Waals surface area contributed by atoms with Crippen LogP contribution in [-0.4, -0.2) is 68.0 Å². The van der Waals surface area contributed by atoms with Gasteiger partial charge in [0.1, 0.15) is 5.60 Å². The third-order valence-corrected chi connectivity index (χ3v) is 4.34. The molecule has 1 heterocycles. The van der Waals surface area contributed by atoms with E-state index >= 15 is 0 Å². The van der Waals surface area contributed by atoms with Crippen LogP contribution < -0.4 is 10.6 Å². The minimum absolute atomic E-state index is 0. The predicted molar refractivity (Wildman–Crippen MR) is 121 cm³/mol. The lowest BCUT2D eigenvalue weighted by Crippen LogP contribution is -2.45. The molecule has 2 N–H and O–H groups in total. The Morgan fingerprint density at radius 2 is 1.74 bits per heavy atom. The normalized spacial score (nSPS) is 16.6. The summed E-state index contributed by atoms with van der Waals surface area (Å²) in [6, 6.07) is 0. The highest BCUT2D eigenvalue weighted by Crippen LogP contribution is 2.19. The molecule has 1 aliphatic rings. The van der Waals surface area contributed by atoms with E-state index in [1.54, 1.807) is 7.11 Å². The van der Waals surface area contributed by atoms with E-state index in [0.717, 1.165) is 45.0 Å². The van der Waals surface area contributed by atoms with Crippen molar-refractivity contribution in [1.82, 2.24) is 15.5 Å². The smallest absolute Gasteiger partial charge is 0.410 e. The van der Waals surface area contributed by atoms with Crippen LogP contribution >= 0.6 is 24.0 Å². The molecule has 0 saturated carbocycles. The number of likely N-dealkylation sites (tertiary alicyclic amines) is 1. The molecule has 0 spiro atoms. The molecular formula is C19H39IN4O3. The summed E-state index contributed by atoms with van der Waals surface area (Å²) in [5.74, 6) is 1.33. The average Bonchev–Trinajstić information content (AvgIpc) is 2.56. The second-order valence-electron chi connectivity index (χ2n) is 8.45. The highest BCUT2D eigenvalue weighted by Gasteiger charge is 2.26. The Morgan fingerprint density at radius 1 is 1.15 bits per heavy atom. The summed E-state index contributed by atoms with van der Waals surface area (Å²) in [5, 5.41) is 6.69. The van der Waals surface area contributed by atoms with Crippen molar-refractivity contribution in [1.29, 1.82) is 0 Å². The van der Waals surface area contributed by atoms with Gasteiger partial charge in [-0.3, -0.25) is 4.99 Å². The maximum atomic E-state index is 12.1. The van der Waals surface area contributed by atoms with Gasteiger partial charge in [-0.2, -0.15) is 0 Å². The van der Waals surface area contributed by atoms with E-state index in [9.17, 15) is 4.79 Å². The van der Waals surface area contributed by atoms with Crippen LogP contribution in [0.3, 0.4) is 0 Å². The van der Waals surface area contributed by atoms with Crippen LogP contribution in [0.25, 0.3) is 0 Å². The van der Waals surface area contributed by atoms with Crippen molar-refractivity contribution in [3.63, 3.8) is 0 Å². The molecule has 0 bridgehead atoms. The van der Waals surface area contributed by atoms with Crippen molar-refractivity contribution < 1.29 is 14.3 Å². The van der Waals surface area contributed by atoms with Gasteiger partial charge in [-0.05, 0) is 60.3 Å². The number of guanidine groups is 1. The molecular weight excluding hydrogens is 459 g/mol. The van der Waals surface area contributed by atoms with E-state index in [1.807, 2.05) is 39.5 Å². The molecule has 0 atom stereocenters. The molecule has 160 valence electrons. The number of ether oxygens (including phenoxy) is 2. The number of piperidine rings is 1. The summed E-state index contributed by atoms with van der Waals surface area (Å²) in [7, 11) is 1.70. The molecule has 1 amide bonds. The Labute approximate surface area is 182 Å². The van der Waals surface area contributed by atoms with E-state index in [4.69, 9.17) is 9.47 Å². The van der Waals surface area contributed by atoms with Crippen LogP contribution in [0.5, 0.6) is 0 Å². The van der Waals surface area contributed by atoms with Crippen molar-refractivity contribution in [2.45, 2.75) is 65.6 Å². The lowest BCUT2D eigenvalue weighted by Gasteiger charge is -2.33. The summed E-state index contributed by atoms with van der Waals surface area (Å²) < 4.78 is 10.9. The van der Waals surface area contributed by atoms with Gasteiger partial charge in [-0.1, -0.05) is 0 Å². The van der Waals surface area contributed by atoms with Crippen LogP contribution in [0.4, 0.5) is 4.79 Å². The highest BCUT2D eigenvalue weighted by atomic mass is 127. The Hall–Kier alpha value is -0.770. The number of nitrogens with one attached hydrogen (secondary N) is 2. The number of hydrogen-bond donors (Lipinski definition) is 2. The molecule has 0 aromatic carbocycles. The van der Waals surface area contributed by atoms with E-state index in [1.165, 1.54) is 0 Å². The lowest BCUT2D eigenvalue weighted by atomic mass is 9.97. The van der Waals surface area contributed by atoms with Crippen LogP contribution in [0.2, 0.25) is 0 Å². The number of carbonyl (C=O) groups is 1. The Kier molecular flexibility index (Phi) is 11.6. The van der Waals surface area contributed by atoms with Gasteiger partial charge >= 0.3 is 6.09 Å². The monoisotopic (exact) mass is 498 g/mol. The van der Waals surface area contributed by atoms with Crippen molar-refractivity contribution in [3.05, 3.63) is 0 Å². The zero-order chi connectivity index (χ0) is 19.8. The van der Waals surface area contributed by atoms with Gasteiger partial charge in [-0.15, -0.1) is 24.0 Å². The molecule has 0 aromatic rings. The maximum Gasteiger partial charge on any atom is 0.410 e. The molecule has 8 heteroatoms. The summed E-state index contributed by atoms with van der Waals surface area (Å²) in [6.07, 6.45) is 1.73. The van der Waals surface area contributed by atoms with Crippen LogP contribution in [0.15, 0.2) is 4.99 Å². The number of nitrogens with zero attached hydrogens (tertiary/aromatic N) is 2. The standard InChI is InChI=1S/C19H38N4O3.HI/c1-8-20-16(22-14-19(5,6)25-7)21-13-15-9-11-23(12-10-15)17(24)26-18(2,3)4;/h15H,8-14H2,1-7H3,(H2,20,21,22);1H. The first-order valence-electron chi connectivity index (χ1n) is 9.61. The minimum atomic E-state index is -0.442. The number of aliphatic imine (C=N–C) groups is 1. The molecule has 7 nitrogen and oxygen atoms in total. The lowest BCUT2D eigenvalue weighted by molar-refractivity contribution is 0.0185. The van der Waals surface area contributed by atoms with Crippen molar-refractivity contribution in [2.75, 3.05) is 39.8 Å². The van der Waals surface area contributed by atoms with Crippen molar-refractivity contribution in [3.8, 4) is 0 Å². The zero-order valence-corrected chi connectivity index (χ0v) is 20.4. The number of carbonyl (C=O) groups excluding carboxylic acids is 1. The van der Waals surface area contributed by atoms with Crippen LogP contribution in [-0.2, 0) is 9.47 Å². The summed E-state index contributed by atoms with van der Waals surface area (Å²) >= 11 is 0. The molecule has 1 fully saturated rings. The number of amides is 1. The van der Waals surface area contributed by atoms with Crippen molar-refractivity contribution >= 4 is 36.0 Å². The van der Waals surface area contributed by atoms with Gasteiger partial charge in [-0.25, -0.2) is 4.79 Å². The topological polar surface area (TPSA) is 75.2 Å². The molecule has 0 aliphatic carbocycles. The Bertz CT molecular complexity index is 470. The van der Waals surface area contributed by atoms with E-state index in [2.05, 4.69) is 22.5 Å². The maximum absolute atomic E-state index is 12.1. The average molecular weight is 498 g/mol. The minimum Gasteiger partial charge on any atom is -0.444 e. The molecule has 0 aromatic heterocycles. The quantitative estimate of drug-likeness (QED) is 0.334. The van der Waals surface area contributed by atoms with Gasteiger partial charge < -0.3 is 25.0 Å². The third-order valence-electron chi connectivity index (χ3n) is 4.34. The molecule has 0 unspecified atom stereocenters. The first-order valence-corrected chi connectivity index (χ1v) is 9.61. The third kappa shape index (κ3) is 11.0. The Morgan fingerprint density at radius 3 is 2.22 bits per heavy atom. The summed E-state index contributed by atoms with van der Waals surface area (Å²) in [5.41, 5.74) is -0.718. The molecule has 0 radical (unpaired) electrons. The fraction of sp³-hybridized carbons (Fsp3) is 0.895. The predicted octanol–water partition coefficient (Wildman–Crippen LogP) is 3.23. The second kappa shape index (κ2) is 11.9. The molecule has 27 heavy (non-hydrogen) atoms. The fourth-order valence-electron chi connectivity index (χ4n) is 2.56. The summed E-state index contributed by atoms with van der Waals surface area (Å²) in [4.78, 5) is 18.5. The van der Waals surface area contributed by atoms with Crippen LogP contribution in [0.1, 0.15) is 54.4 Å². The van der Waals surface area contributed by atoms with Gasteiger partial charge in [0.25, 0.3) is 0 Å².